The van der Waals surface area contributed by atoms with E-state index < -0.39 is 137 Å². The number of benzene rings is 8. The monoisotopic (exact) mass is 913 g/mol. The summed E-state index contributed by atoms with van der Waals surface area (Å²) >= 11 is 0. The van der Waals surface area contributed by atoms with Crippen LogP contribution in [0.15, 0.2) is 103 Å². The molecule has 8 rings (SSSR count). The van der Waals surface area contributed by atoms with E-state index in [0.29, 0.717) is 4.90 Å². The second kappa shape index (κ2) is 15.9. The second-order valence-corrected chi connectivity index (χ2v) is 14.9. The van der Waals surface area contributed by atoms with E-state index in [1.165, 1.54) is 84.9 Å². The van der Waals surface area contributed by atoms with E-state index in [-0.39, 0.29) is 39.1 Å². The largest absolute Gasteiger partial charge is 0.504 e. The molecule has 0 amide bonds. The molecule has 19 nitrogen and oxygen atoms in total. The van der Waals surface area contributed by atoms with Gasteiger partial charge in [-0.25, -0.2) is 0 Å². The molecule has 18 N–H and O–H groups in total. The van der Waals surface area contributed by atoms with Crippen LogP contribution in [0, 0.1) is 0 Å². The number of hydrogen-bond acceptors (Lipinski definition) is 19. The first-order valence-corrected chi connectivity index (χ1v) is 19.3. The van der Waals surface area contributed by atoms with Crippen molar-refractivity contribution in [3.8, 4) is 159 Å². The Bertz CT molecular complexity index is 3010. The van der Waals surface area contributed by atoms with E-state index in [1.807, 2.05) is 0 Å². The number of phenols is 18. The third kappa shape index (κ3) is 6.70. The lowest BCUT2D eigenvalue weighted by atomic mass is 9.91. The second-order valence-electron chi connectivity index (χ2n) is 14.9. The van der Waals surface area contributed by atoms with Gasteiger partial charge in [-0.05, 0) is 63.7 Å². The fraction of sp³-hybridized carbons (Fsp3) is 0. The lowest BCUT2D eigenvalue weighted by Crippen LogP contribution is -2.12. The maximum atomic E-state index is 11.7. The topological polar surface area (TPSA) is 367 Å². The summed E-state index contributed by atoms with van der Waals surface area (Å²) in [4.78, 5) is 0.666. The van der Waals surface area contributed by atoms with Crippen LogP contribution in [-0.4, -0.2) is 91.9 Å². The van der Waals surface area contributed by atoms with Gasteiger partial charge in [0, 0.05) is 5.69 Å². The normalized spacial score (nSPS) is 11.2. The van der Waals surface area contributed by atoms with Gasteiger partial charge in [-0.2, -0.15) is 0 Å². The van der Waals surface area contributed by atoms with Gasteiger partial charge >= 0.3 is 0 Å². The molecule has 0 aliphatic carbocycles. The molecular formula is C48H35NO18. The van der Waals surface area contributed by atoms with Gasteiger partial charge in [0.15, 0.2) is 69.0 Å². The zero-order valence-electron chi connectivity index (χ0n) is 33.8. The summed E-state index contributed by atoms with van der Waals surface area (Å²) in [5.41, 5.74) is -4.85. The van der Waals surface area contributed by atoms with Crippen molar-refractivity contribution in [2.45, 2.75) is 0 Å². The van der Waals surface area contributed by atoms with Gasteiger partial charge in [-0.3, -0.25) is 4.90 Å². The molecule has 0 saturated carbocycles. The summed E-state index contributed by atoms with van der Waals surface area (Å²) in [6, 6.07) is 23.4. The van der Waals surface area contributed by atoms with E-state index in [2.05, 4.69) is 0 Å². The average Bonchev–Trinajstić information content (AvgIpc) is 3.33. The third-order valence-electron chi connectivity index (χ3n) is 11.0. The molecule has 0 aromatic heterocycles. The Morgan fingerprint density at radius 2 is 0.463 bits per heavy atom. The molecule has 0 unspecified atom stereocenters. The molecule has 0 heterocycles. The molecule has 0 bridgehead atoms. The first-order valence-electron chi connectivity index (χ1n) is 19.3. The molecule has 19 heteroatoms. The minimum absolute atomic E-state index is 0.0243. The van der Waals surface area contributed by atoms with Crippen molar-refractivity contribution >= 4 is 17.1 Å². The molecule has 8 aromatic carbocycles. The van der Waals surface area contributed by atoms with Crippen LogP contribution in [0.4, 0.5) is 17.1 Å². The van der Waals surface area contributed by atoms with Crippen LogP contribution in [0.2, 0.25) is 0 Å². The molecule has 0 fully saturated rings. The fourth-order valence-electron chi connectivity index (χ4n) is 7.72. The number of phenolic OH excluding ortho intramolecular Hbond substituents is 18. The molecular weight excluding hydrogens is 879 g/mol. The lowest BCUT2D eigenvalue weighted by molar-refractivity contribution is 0.330. The lowest BCUT2D eigenvalue weighted by Gasteiger charge is -2.30. The van der Waals surface area contributed by atoms with E-state index in [9.17, 15) is 91.9 Å². The molecule has 67 heavy (non-hydrogen) atoms. The Morgan fingerprint density at radius 1 is 0.209 bits per heavy atom. The number of rotatable bonds is 8. The van der Waals surface area contributed by atoms with Crippen molar-refractivity contribution in [3.05, 3.63) is 103 Å². The SMILES string of the molecule is Oc1c(O)c(O)c(-c2cc(-c3ccc(N(c4c(O)c(O)c(-c5ccccc5)c(O)c4O)c4c(O)c(O)c(-c5ccccc5)c(O)c4O)cc3)cc(-c3c(O)c(O)c(O)c(O)c3O)c2)c(O)c1O. The van der Waals surface area contributed by atoms with Gasteiger partial charge in [0.25, 0.3) is 0 Å². The van der Waals surface area contributed by atoms with E-state index >= 15 is 0 Å². The maximum absolute atomic E-state index is 11.7. The van der Waals surface area contributed by atoms with Gasteiger partial charge in [0.1, 0.15) is 11.4 Å². The van der Waals surface area contributed by atoms with E-state index in [1.54, 1.807) is 12.1 Å². The zero-order chi connectivity index (χ0) is 48.5. The molecule has 0 aliphatic rings. The first-order chi connectivity index (χ1) is 31.8. The molecule has 340 valence electrons. The smallest absolute Gasteiger partial charge is 0.208 e. The third-order valence-corrected chi connectivity index (χ3v) is 11.0. The van der Waals surface area contributed by atoms with Crippen LogP contribution in [0.25, 0.3) is 55.6 Å². The van der Waals surface area contributed by atoms with Crippen molar-refractivity contribution in [1.82, 2.24) is 0 Å². The van der Waals surface area contributed by atoms with Gasteiger partial charge in [0.2, 0.25) is 34.5 Å². The Kier molecular flexibility index (Phi) is 10.4. The van der Waals surface area contributed by atoms with Gasteiger partial charge < -0.3 is 91.9 Å². The highest BCUT2D eigenvalue weighted by Gasteiger charge is 2.36. The zero-order valence-corrected chi connectivity index (χ0v) is 33.8. The average molecular weight is 914 g/mol. The molecule has 0 spiro atoms. The van der Waals surface area contributed by atoms with E-state index in [4.69, 9.17) is 0 Å². The Labute approximate surface area is 375 Å². The summed E-state index contributed by atoms with van der Waals surface area (Å²) in [7, 11) is 0. The Hall–Kier alpha value is -10.0. The predicted molar refractivity (Wildman–Crippen MR) is 238 cm³/mol. The molecule has 0 aliphatic heterocycles. The summed E-state index contributed by atoms with van der Waals surface area (Å²) < 4.78 is 0. The Balaban J connectivity index is 1.39. The highest BCUT2D eigenvalue weighted by molar-refractivity contribution is 6.00. The van der Waals surface area contributed by atoms with Crippen LogP contribution in [-0.2, 0) is 0 Å². The van der Waals surface area contributed by atoms with Gasteiger partial charge in [0.05, 0.1) is 22.3 Å². The fourth-order valence-corrected chi connectivity index (χ4v) is 7.72. The summed E-state index contributed by atoms with van der Waals surface area (Å²) in [5.74, 6) is -21.1. The van der Waals surface area contributed by atoms with Crippen molar-refractivity contribution in [3.63, 3.8) is 0 Å². The first kappa shape index (κ1) is 43.6. The van der Waals surface area contributed by atoms with Crippen LogP contribution in [0.3, 0.4) is 0 Å². The number of nitrogens with zero attached hydrogens (tertiary/aromatic N) is 1. The van der Waals surface area contributed by atoms with Crippen molar-refractivity contribution < 1.29 is 91.9 Å². The summed E-state index contributed by atoms with van der Waals surface area (Å²) in [6.45, 7) is 0. The van der Waals surface area contributed by atoms with Gasteiger partial charge in [-0.1, -0.05) is 72.8 Å². The van der Waals surface area contributed by atoms with E-state index in [0.717, 1.165) is 6.07 Å². The van der Waals surface area contributed by atoms with Crippen LogP contribution in [0.5, 0.6) is 103 Å². The van der Waals surface area contributed by atoms with Crippen molar-refractivity contribution in [1.29, 1.82) is 0 Å². The number of hydrogen-bond donors (Lipinski definition) is 18. The summed E-state index contributed by atoms with van der Waals surface area (Å²) in [5, 5.41) is 198. The van der Waals surface area contributed by atoms with Crippen LogP contribution >= 0.6 is 0 Å². The molecule has 8 aromatic rings. The summed E-state index contributed by atoms with van der Waals surface area (Å²) in [6.07, 6.45) is 0. The minimum Gasteiger partial charge on any atom is -0.504 e. The molecule has 0 saturated heterocycles. The highest BCUT2D eigenvalue weighted by Crippen LogP contribution is 2.64. The van der Waals surface area contributed by atoms with Crippen LogP contribution in [0.1, 0.15) is 0 Å². The predicted octanol–water partition coefficient (Wildman–Crippen LogP) is 8.19. The quantitative estimate of drug-likeness (QED) is 0.0504. The highest BCUT2D eigenvalue weighted by atomic mass is 16.4. The van der Waals surface area contributed by atoms with Crippen LogP contribution < -0.4 is 4.90 Å². The van der Waals surface area contributed by atoms with Crippen molar-refractivity contribution in [2.75, 3.05) is 4.90 Å². The van der Waals surface area contributed by atoms with Gasteiger partial charge in [-0.15, -0.1) is 0 Å². The minimum atomic E-state index is -1.30. The van der Waals surface area contributed by atoms with Crippen molar-refractivity contribution in [2.24, 2.45) is 0 Å². The molecule has 0 radical (unpaired) electrons. The Morgan fingerprint density at radius 3 is 0.776 bits per heavy atom. The standard InChI is InChI=1S/C48H35NO18/c50-31-25(19-7-3-1-4-8-19)32(51)40(59)29(39(31)58)49(30-41(60)33(52)26(34(53)42(30)61)20-9-5-2-6-10-20)24-13-11-18(12-14-24)21-15-22(27-35(54)43(62)47(66)44(63)36(27)55)17-23(16-21)28-37(56)45(64)48(67)46(65)38(28)57/h1-17,50-67H. The maximum Gasteiger partial charge on any atom is 0.208 e. The number of anilines is 3. The number of aromatic hydroxyl groups is 18. The molecule has 0 atom stereocenters.